The molecule has 12 heteroatoms. The van der Waals surface area contributed by atoms with E-state index in [1.165, 1.54) is 0 Å². The predicted molar refractivity (Wildman–Crippen MR) is 162 cm³/mol. The van der Waals surface area contributed by atoms with E-state index in [-0.39, 0.29) is 5.91 Å². The van der Waals surface area contributed by atoms with Crippen LogP contribution in [0.15, 0.2) is 72.8 Å². The zero-order chi connectivity index (χ0) is 30.8. The highest BCUT2D eigenvalue weighted by atomic mass is 35.5. The number of piperidine rings is 1. The molecule has 1 saturated heterocycles. The van der Waals surface area contributed by atoms with E-state index in [0.29, 0.717) is 35.5 Å². The van der Waals surface area contributed by atoms with Crippen LogP contribution in [0.5, 0.6) is 11.5 Å². The first-order valence-electron chi connectivity index (χ1n) is 13.7. The summed E-state index contributed by atoms with van der Waals surface area (Å²) >= 11 is 6.09. The Balaban J connectivity index is 0.000000641. The smallest absolute Gasteiger partial charge is 0.414 e. The first kappa shape index (κ1) is 31.3. The predicted octanol–water partition coefficient (Wildman–Crippen LogP) is 4.78. The van der Waals surface area contributed by atoms with Crippen LogP contribution in [0.1, 0.15) is 18.7 Å². The fourth-order valence-electron chi connectivity index (χ4n) is 4.86. The number of carboxylic acids is 2. The van der Waals surface area contributed by atoms with Crippen LogP contribution in [0.25, 0.3) is 11.0 Å². The molecule has 0 atom stereocenters. The Labute approximate surface area is 253 Å². The second-order valence-corrected chi connectivity index (χ2v) is 10.4. The monoisotopic (exact) mass is 608 g/mol. The van der Waals surface area contributed by atoms with Crippen molar-refractivity contribution in [2.75, 3.05) is 32.1 Å². The maximum atomic E-state index is 12.7. The Morgan fingerprint density at radius 2 is 1.65 bits per heavy atom. The Morgan fingerprint density at radius 3 is 2.33 bits per heavy atom. The van der Waals surface area contributed by atoms with E-state index in [9.17, 15) is 4.79 Å². The van der Waals surface area contributed by atoms with E-state index in [1.807, 2.05) is 42.5 Å². The second kappa shape index (κ2) is 15.0. The van der Waals surface area contributed by atoms with E-state index >= 15 is 0 Å². The highest BCUT2D eigenvalue weighted by Crippen LogP contribution is 2.28. The van der Waals surface area contributed by atoms with Crippen molar-refractivity contribution in [2.45, 2.75) is 26.0 Å². The van der Waals surface area contributed by atoms with Gasteiger partial charge in [-0.15, -0.1) is 0 Å². The lowest BCUT2D eigenvalue weighted by molar-refractivity contribution is -0.159. The summed E-state index contributed by atoms with van der Waals surface area (Å²) in [6, 6.07) is 23.3. The van der Waals surface area contributed by atoms with Gasteiger partial charge in [0.2, 0.25) is 5.91 Å². The molecule has 0 aliphatic carbocycles. The number of aromatic nitrogens is 2. The number of nitrogens with zero attached hydrogens (tertiary/aromatic N) is 3. The molecule has 0 saturated carbocycles. The molecular weight excluding hydrogens is 576 g/mol. The standard InChI is InChI=1S/C29H31ClN4O3.C2H2O4/c1-36-27-12-11-22(30)17-25(27)32-29(35)19-33-15-13-21(14-16-33)18-34-26-10-6-5-9-24(26)31-28(34)20-37-23-7-3-2-4-8-23;3-1(4)2(5)6/h2-12,17,21H,13-16,18-20H2,1H3,(H,32,35);(H,3,4)(H,5,6). The molecule has 1 amide bonds. The lowest BCUT2D eigenvalue weighted by Crippen LogP contribution is -2.40. The minimum Gasteiger partial charge on any atom is -0.495 e. The molecule has 1 aliphatic rings. The molecule has 4 aromatic rings. The van der Waals surface area contributed by atoms with E-state index in [0.717, 1.165) is 55.1 Å². The van der Waals surface area contributed by atoms with Gasteiger partial charge in [-0.05, 0) is 74.3 Å². The molecule has 11 nitrogen and oxygen atoms in total. The third kappa shape index (κ3) is 8.94. The van der Waals surface area contributed by atoms with Gasteiger partial charge in [0.1, 0.15) is 23.9 Å². The van der Waals surface area contributed by atoms with Gasteiger partial charge in [0.15, 0.2) is 0 Å². The number of nitrogens with one attached hydrogen (secondary N) is 1. The van der Waals surface area contributed by atoms with Crippen molar-refractivity contribution >= 4 is 46.2 Å². The van der Waals surface area contributed by atoms with Gasteiger partial charge in [-0.1, -0.05) is 41.9 Å². The fraction of sp³-hybridized carbons (Fsp3) is 0.290. The fourth-order valence-corrected chi connectivity index (χ4v) is 5.03. The molecular formula is C31H33ClN4O7. The Hall–Kier alpha value is -4.61. The van der Waals surface area contributed by atoms with Gasteiger partial charge in [-0.25, -0.2) is 14.6 Å². The largest absolute Gasteiger partial charge is 0.495 e. The van der Waals surface area contributed by atoms with E-state index in [4.69, 9.17) is 45.9 Å². The van der Waals surface area contributed by atoms with Crippen molar-refractivity contribution in [3.63, 3.8) is 0 Å². The summed E-state index contributed by atoms with van der Waals surface area (Å²) < 4.78 is 13.7. The lowest BCUT2D eigenvalue weighted by Gasteiger charge is -2.32. The normalized spacial score (nSPS) is 13.5. The molecule has 226 valence electrons. The number of imidazole rings is 1. The quantitative estimate of drug-likeness (QED) is 0.229. The molecule has 0 unspecified atom stereocenters. The topological polar surface area (TPSA) is 143 Å². The van der Waals surface area contributed by atoms with Gasteiger partial charge < -0.3 is 29.6 Å². The van der Waals surface area contributed by atoms with Crippen LogP contribution in [0.2, 0.25) is 5.02 Å². The van der Waals surface area contributed by atoms with Crippen LogP contribution in [-0.4, -0.2) is 69.3 Å². The van der Waals surface area contributed by atoms with Crippen LogP contribution in [-0.2, 0) is 27.5 Å². The number of para-hydroxylation sites is 3. The van der Waals surface area contributed by atoms with Crippen molar-refractivity contribution in [1.29, 1.82) is 0 Å². The number of anilines is 1. The number of rotatable bonds is 9. The van der Waals surface area contributed by atoms with Crippen molar-refractivity contribution in [1.82, 2.24) is 14.5 Å². The van der Waals surface area contributed by atoms with Gasteiger partial charge in [-0.3, -0.25) is 9.69 Å². The van der Waals surface area contributed by atoms with E-state index in [1.54, 1.807) is 25.3 Å². The van der Waals surface area contributed by atoms with Gasteiger partial charge in [0.05, 0.1) is 30.4 Å². The first-order valence-corrected chi connectivity index (χ1v) is 14.0. The van der Waals surface area contributed by atoms with Crippen LogP contribution < -0.4 is 14.8 Å². The average molecular weight is 609 g/mol. The molecule has 3 N–H and O–H groups in total. The molecule has 1 fully saturated rings. The number of likely N-dealkylation sites (tertiary alicyclic amines) is 1. The van der Waals surface area contributed by atoms with Crippen LogP contribution in [0.3, 0.4) is 0 Å². The summed E-state index contributed by atoms with van der Waals surface area (Å²) in [6.07, 6.45) is 2.03. The Morgan fingerprint density at radius 1 is 0.977 bits per heavy atom. The zero-order valence-corrected chi connectivity index (χ0v) is 24.4. The van der Waals surface area contributed by atoms with Crippen LogP contribution in [0, 0.1) is 5.92 Å². The van der Waals surface area contributed by atoms with Crippen molar-refractivity contribution in [2.24, 2.45) is 5.92 Å². The van der Waals surface area contributed by atoms with E-state index in [2.05, 4.69) is 26.9 Å². The summed E-state index contributed by atoms with van der Waals surface area (Å²) in [5, 5.41) is 18.3. The summed E-state index contributed by atoms with van der Waals surface area (Å²) in [6.45, 7) is 3.38. The second-order valence-electron chi connectivity index (χ2n) is 9.95. The van der Waals surface area contributed by atoms with Gasteiger partial charge in [0, 0.05) is 11.6 Å². The van der Waals surface area contributed by atoms with Gasteiger partial charge in [0.25, 0.3) is 0 Å². The molecule has 0 bridgehead atoms. The molecule has 3 aromatic carbocycles. The van der Waals surface area contributed by atoms with Crippen molar-refractivity contribution < 1.29 is 34.1 Å². The van der Waals surface area contributed by atoms with Gasteiger partial charge >= 0.3 is 11.9 Å². The molecule has 0 radical (unpaired) electrons. The number of ether oxygens (including phenoxy) is 2. The van der Waals surface area contributed by atoms with Crippen LogP contribution >= 0.6 is 11.6 Å². The summed E-state index contributed by atoms with van der Waals surface area (Å²) in [5.74, 6) is -0.855. The summed E-state index contributed by atoms with van der Waals surface area (Å²) in [7, 11) is 1.58. The third-order valence-electron chi connectivity index (χ3n) is 6.98. The van der Waals surface area contributed by atoms with E-state index < -0.39 is 11.9 Å². The average Bonchev–Trinajstić information content (AvgIpc) is 3.35. The summed E-state index contributed by atoms with van der Waals surface area (Å²) in [4.78, 5) is 38.0. The molecule has 1 aromatic heterocycles. The number of aliphatic carboxylic acids is 2. The zero-order valence-electron chi connectivity index (χ0n) is 23.6. The SMILES string of the molecule is COc1ccc(Cl)cc1NC(=O)CN1CCC(Cn2c(COc3ccccc3)nc3ccccc32)CC1.O=C(O)C(=O)O. The summed E-state index contributed by atoms with van der Waals surface area (Å²) in [5.41, 5.74) is 2.71. The number of fused-ring (bicyclic) bond motifs is 1. The number of hydrogen-bond donors (Lipinski definition) is 3. The highest BCUT2D eigenvalue weighted by molar-refractivity contribution is 6.31. The number of carbonyl (C=O) groups excluding carboxylic acids is 1. The van der Waals surface area contributed by atoms with Gasteiger partial charge in [-0.2, -0.15) is 0 Å². The number of carboxylic acid groups (broad SMARTS) is 2. The molecule has 2 heterocycles. The maximum absolute atomic E-state index is 12.7. The number of carbonyl (C=O) groups is 3. The number of methoxy groups -OCH3 is 1. The minimum atomic E-state index is -1.82. The minimum absolute atomic E-state index is 0.0695. The Bertz CT molecular complexity index is 1540. The number of halogens is 1. The van der Waals surface area contributed by atoms with Crippen LogP contribution in [0.4, 0.5) is 5.69 Å². The van der Waals surface area contributed by atoms with Crippen molar-refractivity contribution in [3.05, 3.63) is 83.6 Å². The van der Waals surface area contributed by atoms with Crippen molar-refractivity contribution in [3.8, 4) is 11.5 Å². The molecule has 0 spiro atoms. The molecule has 1 aliphatic heterocycles. The maximum Gasteiger partial charge on any atom is 0.414 e. The number of hydrogen-bond acceptors (Lipinski definition) is 7. The Kier molecular flexibility index (Phi) is 11.0. The third-order valence-corrected chi connectivity index (χ3v) is 7.21. The first-order chi connectivity index (χ1) is 20.7. The molecule has 5 rings (SSSR count). The molecule has 43 heavy (non-hydrogen) atoms. The highest BCUT2D eigenvalue weighted by Gasteiger charge is 2.23. The lowest BCUT2D eigenvalue weighted by atomic mass is 9.96. The number of benzene rings is 3. The number of amides is 1.